The van der Waals surface area contributed by atoms with Crippen molar-refractivity contribution in [3.05, 3.63) is 0 Å². The second-order valence-corrected chi connectivity index (χ2v) is 4.44. The minimum absolute atomic E-state index is 0.0255. The highest BCUT2D eigenvalue weighted by Crippen LogP contribution is 2.36. The largest absolute Gasteiger partial charge is 0.338 e. The Morgan fingerprint density at radius 1 is 1.54 bits per heavy atom. The van der Waals surface area contributed by atoms with E-state index in [1.165, 1.54) is 12.8 Å². The van der Waals surface area contributed by atoms with Crippen LogP contribution in [0.1, 0.15) is 40.0 Å². The van der Waals surface area contributed by atoms with Crippen molar-refractivity contribution in [3.8, 4) is 0 Å². The Hall–Kier alpha value is -0.730. The van der Waals surface area contributed by atoms with Crippen molar-refractivity contribution >= 4 is 6.03 Å². The van der Waals surface area contributed by atoms with Crippen LogP contribution in [0, 0.1) is 5.41 Å². The first-order chi connectivity index (χ1) is 6.06. The summed E-state index contributed by atoms with van der Waals surface area (Å²) in [7, 11) is 0. The molecule has 0 radical (unpaired) electrons. The Balaban J connectivity index is 2.40. The molecule has 1 aliphatic carbocycles. The van der Waals surface area contributed by atoms with Crippen LogP contribution >= 0.6 is 0 Å². The van der Waals surface area contributed by atoms with E-state index in [4.69, 9.17) is 0 Å². The van der Waals surface area contributed by atoms with Gasteiger partial charge in [-0.2, -0.15) is 0 Å². The van der Waals surface area contributed by atoms with Gasteiger partial charge < -0.3 is 10.6 Å². The molecule has 0 aliphatic heterocycles. The summed E-state index contributed by atoms with van der Waals surface area (Å²) in [5.74, 6) is 0. The highest BCUT2D eigenvalue weighted by molar-refractivity contribution is 5.74. The van der Waals surface area contributed by atoms with Gasteiger partial charge in [-0.1, -0.05) is 20.3 Å². The molecule has 0 saturated heterocycles. The molecule has 2 amide bonds. The van der Waals surface area contributed by atoms with Crippen molar-refractivity contribution in [2.75, 3.05) is 6.54 Å². The maximum atomic E-state index is 11.3. The van der Waals surface area contributed by atoms with Crippen molar-refractivity contribution < 1.29 is 4.79 Å². The number of urea groups is 1. The van der Waals surface area contributed by atoms with E-state index in [2.05, 4.69) is 24.5 Å². The smallest absolute Gasteiger partial charge is 0.315 e. The Morgan fingerprint density at radius 2 is 2.23 bits per heavy atom. The molecule has 1 unspecified atom stereocenters. The van der Waals surface area contributed by atoms with Crippen LogP contribution in [0.25, 0.3) is 0 Å². The molecule has 1 saturated carbocycles. The van der Waals surface area contributed by atoms with Gasteiger partial charge in [-0.15, -0.1) is 0 Å². The summed E-state index contributed by atoms with van der Waals surface area (Å²) in [5, 5.41) is 5.78. The highest BCUT2D eigenvalue weighted by Gasteiger charge is 2.35. The standard InChI is InChI=1S/C10H20N2O/c1-4-11-9(13)12-8-6-5-7-10(8,2)3/h8H,4-7H2,1-3H3,(H2,11,12,13). The molecule has 2 N–H and O–H groups in total. The summed E-state index contributed by atoms with van der Waals surface area (Å²) in [6.45, 7) is 7.06. The molecule has 1 fully saturated rings. The number of carbonyl (C=O) groups excluding carboxylic acids is 1. The third-order valence-electron chi connectivity index (χ3n) is 2.90. The second kappa shape index (κ2) is 3.99. The summed E-state index contributed by atoms with van der Waals surface area (Å²) >= 11 is 0. The number of amides is 2. The van der Waals surface area contributed by atoms with E-state index in [1.54, 1.807) is 0 Å². The van der Waals surface area contributed by atoms with Crippen LogP contribution in [0.5, 0.6) is 0 Å². The number of hydrogen-bond acceptors (Lipinski definition) is 1. The van der Waals surface area contributed by atoms with Gasteiger partial charge in [-0.3, -0.25) is 0 Å². The van der Waals surface area contributed by atoms with Gasteiger partial charge in [0, 0.05) is 12.6 Å². The molecule has 76 valence electrons. The first kappa shape index (κ1) is 10.4. The molecule has 1 atom stereocenters. The molecule has 1 rings (SSSR count). The number of rotatable bonds is 2. The summed E-state index contributed by atoms with van der Waals surface area (Å²) in [4.78, 5) is 11.3. The van der Waals surface area contributed by atoms with Gasteiger partial charge >= 0.3 is 6.03 Å². The summed E-state index contributed by atoms with van der Waals surface area (Å²) in [6, 6.07) is 0.321. The van der Waals surface area contributed by atoms with Crippen LogP contribution in [0.3, 0.4) is 0 Å². The first-order valence-electron chi connectivity index (χ1n) is 5.10. The summed E-state index contributed by atoms with van der Waals surface area (Å²) < 4.78 is 0. The molecular weight excluding hydrogens is 164 g/mol. The molecule has 1 aliphatic rings. The van der Waals surface area contributed by atoms with Gasteiger partial charge in [0.05, 0.1) is 0 Å². The van der Waals surface area contributed by atoms with E-state index in [0.717, 1.165) is 6.42 Å². The Bertz CT molecular complexity index is 189. The fourth-order valence-electron chi connectivity index (χ4n) is 1.96. The Kier molecular flexibility index (Phi) is 3.17. The van der Waals surface area contributed by atoms with E-state index >= 15 is 0 Å². The van der Waals surface area contributed by atoms with Crippen molar-refractivity contribution in [2.45, 2.75) is 46.1 Å². The van der Waals surface area contributed by atoms with Crippen molar-refractivity contribution in [2.24, 2.45) is 5.41 Å². The highest BCUT2D eigenvalue weighted by atomic mass is 16.2. The fraction of sp³-hybridized carbons (Fsp3) is 0.900. The predicted molar refractivity (Wildman–Crippen MR) is 53.6 cm³/mol. The Morgan fingerprint density at radius 3 is 2.69 bits per heavy atom. The zero-order chi connectivity index (χ0) is 9.90. The van der Waals surface area contributed by atoms with Crippen LogP contribution in [0.4, 0.5) is 4.79 Å². The van der Waals surface area contributed by atoms with E-state index < -0.39 is 0 Å². The third kappa shape index (κ3) is 2.61. The van der Waals surface area contributed by atoms with Crippen LogP contribution in [0.15, 0.2) is 0 Å². The van der Waals surface area contributed by atoms with Crippen molar-refractivity contribution in [1.82, 2.24) is 10.6 Å². The second-order valence-electron chi connectivity index (χ2n) is 4.44. The third-order valence-corrected chi connectivity index (χ3v) is 2.90. The van der Waals surface area contributed by atoms with Gasteiger partial charge in [0.2, 0.25) is 0 Å². The molecule has 3 nitrogen and oxygen atoms in total. The quantitative estimate of drug-likeness (QED) is 0.676. The number of carbonyl (C=O) groups is 1. The topological polar surface area (TPSA) is 41.1 Å². The lowest BCUT2D eigenvalue weighted by Crippen LogP contribution is -2.46. The van der Waals surface area contributed by atoms with Crippen LogP contribution in [0.2, 0.25) is 0 Å². The summed E-state index contributed by atoms with van der Waals surface area (Å²) in [6.07, 6.45) is 3.55. The normalized spacial score (nSPS) is 25.6. The predicted octanol–water partition coefficient (Wildman–Crippen LogP) is 1.88. The molecule has 0 aromatic heterocycles. The fourth-order valence-corrected chi connectivity index (χ4v) is 1.96. The van der Waals surface area contributed by atoms with E-state index in [0.29, 0.717) is 12.6 Å². The molecule has 0 aromatic carbocycles. The Labute approximate surface area is 80.3 Å². The van der Waals surface area contributed by atoms with E-state index in [1.807, 2.05) is 6.92 Å². The maximum Gasteiger partial charge on any atom is 0.315 e. The molecule has 13 heavy (non-hydrogen) atoms. The first-order valence-corrected chi connectivity index (χ1v) is 5.10. The van der Waals surface area contributed by atoms with Crippen LogP contribution < -0.4 is 10.6 Å². The van der Waals surface area contributed by atoms with E-state index in [9.17, 15) is 4.79 Å². The molecular formula is C10H20N2O. The van der Waals surface area contributed by atoms with Gasteiger partial charge in [-0.05, 0) is 25.2 Å². The van der Waals surface area contributed by atoms with Crippen LogP contribution in [-0.4, -0.2) is 18.6 Å². The van der Waals surface area contributed by atoms with Gasteiger partial charge in [-0.25, -0.2) is 4.79 Å². The van der Waals surface area contributed by atoms with E-state index in [-0.39, 0.29) is 11.4 Å². The minimum Gasteiger partial charge on any atom is -0.338 e. The zero-order valence-corrected chi connectivity index (χ0v) is 8.81. The van der Waals surface area contributed by atoms with Crippen molar-refractivity contribution in [1.29, 1.82) is 0 Å². The lowest BCUT2D eigenvalue weighted by atomic mass is 9.87. The van der Waals surface area contributed by atoms with Gasteiger partial charge in [0.25, 0.3) is 0 Å². The van der Waals surface area contributed by atoms with Gasteiger partial charge in [0.15, 0.2) is 0 Å². The maximum absolute atomic E-state index is 11.3. The van der Waals surface area contributed by atoms with Gasteiger partial charge in [0.1, 0.15) is 0 Å². The summed E-state index contributed by atoms with van der Waals surface area (Å²) in [5.41, 5.74) is 0.269. The molecule has 0 aromatic rings. The molecule has 3 heteroatoms. The zero-order valence-electron chi connectivity index (χ0n) is 8.81. The average molecular weight is 184 g/mol. The van der Waals surface area contributed by atoms with Crippen molar-refractivity contribution in [3.63, 3.8) is 0 Å². The van der Waals surface area contributed by atoms with Crippen LogP contribution in [-0.2, 0) is 0 Å². The number of nitrogens with one attached hydrogen (secondary N) is 2. The SMILES string of the molecule is CCNC(=O)NC1CCCC1(C)C. The number of hydrogen-bond donors (Lipinski definition) is 2. The molecule has 0 spiro atoms. The average Bonchev–Trinajstić information content (AvgIpc) is 2.31. The minimum atomic E-state index is -0.0255. The lowest BCUT2D eigenvalue weighted by molar-refractivity contribution is 0.223. The monoisotopic (exact) mass is 184 g/mol. The molecule has 0 bridgehead atoms. The molecule has 0 heterocycles. The lowest BCUT2D eigenvalue weighted by Gasteiger charge is -2.27.